The van der Waals surface area contributed by atoms with Gasteiger partial charge in [-0.15, -0.1) is 0 Å². The number of rotatable bonds is 7. The number of likely N-dealkylation sites (tertiary alicyclic amines) is 1. The maximum absolute atomic E-state index is 13.5. The van der Waals surface area contributed by atoms with E-state index in [1.807, 2.05) is 25.1 Å². The Hall–Kier alpha value is -3.00. The standard InChI is InChI=1S/C27H38N4O8S/c1-19-16-21(24(32)29(2)3)4-5-23(19)20-6-11-31(12-7-20)40(36,37)18-27(25(33)28-35)9-13-30(14-10-27)26(34)39-22-8-15-38-17-22/h4-6,16,22,35H,7-15,17-18H2,1-3H3,(H,28,33). The predicted molar refractivity (Wildman–Crippen MR) is 146 cm³/mol. The van der Waals surface area contributed by atoms with Gasteiger partial charge in [0.05, 0.1) is 24.4 Å². The predicted octanol–water partition coefficient (Wildman–Crippen LogP) is 1.63. The zero-order valence-electron chi connectivity index (χ0n) is 23.2. The summed E-state index contributed by atoms with van der Waals surface area (Å²) in [5.41, 5.74) is 3.75. The molecule has 0 bridgehead atoms. The Balaban J connectivity index is 1.42. The molecule has 0 saturated carbocycles. The van der Waals surface area contributed by atoms with Crippen LogP contribution in [0.15, 0.2) is 24.3 Å². The fourth-order valence-electron chi connectivity index (χ4n) is 5.50. The van der Waals surface area contributed by atoms with Gasteiger partial charge in [-0.2, -0.15) is 4.31 Å². The van der Waals surface area contributed by atoms with Gasteiger partial charge in [0.1, 0.15) is 6.10 Å². The van der Waals surface area contributed by atoms with Crippen LogP contribution in [0.2, 0.25) is 0 Å². The van der Waals surface area contributed by atoms with E-state index >= 15 is 0 Å². The Morgan fingerprint density at radius 3 is 2.48 bits per heavy atom. The lowest BCUT2D eigenvalue weighted by Gasteiger charge is -2.40. The minimum Gasteiger partial charge on any atom is -0.444 e. The van der Waals surface area contributed by atoms with E-state index in [4.69, 9.17) is 9.47 Å². The molecule has 0 aromatic heterocycles. The lowest BCUT2D eigenvalue weighted by Crippen LogP contribution is -2.54. The number of hydrogen-bond donors (Lipinski definition) is 2. The molecule has 0 spiro atoms. The number of hydrogen-bond acceptors (Lipinski definition) is 8. The van der Waals surface area contributed by atoms with Crippen LogP contribution in [0.5, 0.6) is 0 Å². The molecule has 0 radical (unpaired) electrons. The summed E-state index contributed by atoms with van der Waals surface area (Å²) < 4.78 is 39.0. The first-order chi connectivity index (χ1) is 19.0. The average molecular weight is 579 g/mol. The highest BCUT2D eigenvalue weighted by atomic mass is 32.2. The summed E-state index contributed by atoms with van der Waals surface area (Å²) in [4.78, 5) is 40.6. The van der Waals surface area contributed by atoms with Gasteiger partial charge in [0.25, 0.3) is 11.8 Å². The van der Waals surface area contributed by atoms with Crippen molar-refractivity contribution >= 4 is 33.5 Å². The number of nitrogens with zero attached hydrogens (tertiary/aromatic N) is 3. The summed E-state index contributed by atoms with van der Waals surface area (Å²) in [6.45, 7) is 3.45. The summed E-state index contributed by atoms with van der Waals surface area (Å²) in [6, 6.07) is 5.50. The number of ether oxygens (including phenoxy) is 2. The number of carbonyl (C=O) groups excluding carboxylic acids is 3. The number of nitrogens with one attached hydrogen (secondary N) is 1. The van der Waals surface area contributed by atoms with Crippen molar-refractivity contribution in [1.82, 2.24) is 19.6 Å². The van der Waals surface area contributed by atoms with Gasteiger partial charge in [-0.3, -0.25) is 14.8 Å². The van der Waals surface area contributed by atoms with E-state index in [0.717, 1.165) is 16.7 Å². The normalized spacial score (nSPS) is 21.4. The third-order valence-corrected chi connectivity index (χ3v) is 10.0. The maximum atomic E-state index is 13.5. The number of hydroxylamine groups is 1. The molecule has 0 aliphatic carbocycles. The smallest absolute Gasteiger partial charge is 0.410 e. The summed E-state index contributed by atoms with van der Waals surface area (Å²) >= 11 is 0. The Morgan fingerprint density at radius 1 is 1.20 bits per heavy atom. The molecule has 1 atom stereocenters. The lowest BCUT2D eigenvalue weighted by molar-refractivity contribution is -0.141. The van der Waals surface area contributed by atoms with Gasteiger partial charge in [-0.05, 0) is 55.0 Å². The number of benzene rings is 1. The zero-order valence-corrected chi connectivity index (χ0v) is 24.0. The van der Waals surface area contributed by atoms with Crippen molar-refractivity contribution in [2.45, 2.75) is 38.7 Å². The van der Waals surface area contributed by atoms with Gasteiger partial charge in [0.2, 0.25) is 10.0 Å². The highest BCUT2D eigenvalue weighted by Gasteiger charge is 2.47. The SMILES string of the molecule is Cc1cc(C(=O)N(C)C)ccc1C1=CCN(S(=O)(=O)CC2(C(=O)NO)CCN(C(=O)OC3CCOC3)CC2)CC1. The van der Waals surface area contributed by atoms with Crippen LogP contribution in [0.25, 0.3) is 5.57 Å². The molecule has 13 heteroatoms. The maximum Gasteiger partial charge on any atom is 0.410 e. The molecular weight excluding hydrogens is 540 g/mol. The van der Waals surface area contributed by atoms with E-state index in [9.17, 15) is 28.0 Å². The third kappa shape index (κ3) is 6.48. The molecule has 3 aliphatic heterocycles. The first-order valence-corrected chi connectivity index (χ1v) is 15.0. The molecule has 3 heterocycles. The van der Waals surface area contributed by atoms with Gasteiger partial charge in [0, 0.05) is 52.3 Å². The second-order valence-corrected chi connectivity index (χ2v) is 12.9. The first-order valence-electron chi connectivity index (χ1n) is 13.4. The summed E-state index contributed by atoms with van der Waals surface area (Å²) in [5, 5.41) is 9.43. The van der Waals surface area contributed by atoms with Crippen LogP contribution >= 0.6 is 0 Å². The molecule has 2 N–H and O–H groups in total. The highest BCUT2D eigenvalue weighted by Crippen LogP contribution is 2.36. The van der Waals surface area contributed by atoms with Crippen molar-refractivity contribution in [3.8, 4) is 0 Å². The lowest BCUT2D eigenvalue weighted by atomic mass is 9.79. The Bertz CT molecular complexity index is 1270. The van der Waals surface area contributed by atoms with E-state index in [0.29, 0.717) is 31.6 Å². The van der Waals surface area contributed by atoms with Crippen molar-refractivity contribution < 1.29 is 37.5 Å². The zero-order chi connectivity index (χ0) is 29.1. The van der Waals surface area contributed by atoms with Gasteiger partial charge >= 0.3 is 6.09 Å². The van der Waals surface area contributed by atoms with Crippen molar-refractivity contribution in [2.24, 2.45) is 5.41 Å². The van der Waals surface area contributed by atoms with Gasteiger partial charge in [-0.1, -0.05) is 12.1 Å². The van der Waals surface area contributed by atoms with E-state index in [-0.39, 0.29) is 51.0 Å². The molecular formula is C27H38N4O8S. The molecule has 4 rings (SSSR count). The van der Waals surface area contributed by atoms with E-state index in [2.05, 4.69) is 0 Å². The fourth-order valence-corrected chi connectivity index (χ4v) is 7.47. The van der Waals surface area contributed by atoms with Crippen molar-refractivity contribution in [1.29, 1.82) is 0 Å². The number of amides is 3. The van der Waals surface area contributed by atoms with Crippen LogP contribution in [0.3, 0.4) is 0 Å². The molecule has 12 nitrogen and oxygen atoms in total. The van der Waals surface area contributed by atoms with Gasteiger partial charge < -0.3 is 19.3 Å². The molecule has 2 fully saturated rings. The fraction of sp³-hybridized carbons (Fsp3) is 0.593. The molecule has 1 unspecified atom stereocenters. The van der Waals surface area contributed by atoms with E-state index in [1.54, 1.807) is 25.6 Å². The van der Waals surface area contributed by atoms with Crippen LogP contribution in [-0.4, -0.2) is 111 Å². The van der Waals surface area contributed by atoms with Crippen LogP contribution in [0.1, 0.15) is 47.2 Å². The molecule has 3 aliphatic rings. The second kappa shape index (κ2) is 12.2. The number of sulfonamides is 1. The largest absolute Gasteiger partial charge is 0.444 e. The van der Waals surface area contributed by atoms with Gasteiger partial charge in [-0.25, -0.2) is 18.7 Å². The summed E-state index contributed by atoms with van der Waals surface area (Å²) in [7, 11) is -0.486. The quantitative estimate of drug-likeness (QED) is 0.367. The van der Waals surface area contributed by atoms with Crippen molar-refractivity contribution in [3.63, 3.8) is 0 Å². The minimum absolute atomic E-state index is 0.0705. The van der Waals surface area contributed by atoms with Gasteiger partial charge in [0.15, 0.2) is 0 Å². The Morgan fingerprint density at radius 2 is 1.93 bits per heavy atom. The summed E-state index contributed by atoms with van der Waals surface area (Å²) in [5.74, 6) is -1.34. The summed E-state index contributed by atoms with van der Waals surface area (Å²) in [6.07, 6.45) is 2.29. The molecule has 1 aromatic rings. The van der Waals surface area contributed by atoms with Crippen LogP contribution < -0.4 is 5.48 Å². The van der Waals surface area contributed by atoms with E-state index < -0.39 is 33.2 Å². The second-order valence-electron chi connectivity index (χ2n) is 10.9. The first kappa shape index (κ1) is 30.0. The number of piperidine rings is 1. The number of aryl methyl sites for hydroxylation is 1. The molecule has 220 valence electrons. The Kier molecular flexibility index (Phi) is 9.18. The van der Waals surface area contributed by atoms with Crippen molar-refractivity contribution in [3.05, 3.63) is 41.0 Å². The van der Waals surface area contributed by atoms with Crippen LogP contribution in [0.4, 0.5) is 4.79 Å². The minimum atomic E-state index is -3.88. The molecule has 40 heavy (non-hydrogen) atoms. The topological polar surface area (TPSA) is 146 Å². The third-order valence-electron chi connectivity index (χ3n) is 7.97. The molecule has 2 saturated heterocycles. The van der Waals surface area contributed by atoms with E-state index in [1.165, 1.54) is 14.1 Å². The van der Waals surface area contributed by atoms with Crippen molar-refractivity contribution in [2.75, 3.05) is 59.2 Å². The van der Waals surface area contributed by atoms with Crippen LogP contribution in [0, 0.1) is 12.3 Å². The molecule has 3 amide bonds. The Labute approximate surface area is 234 Å². The number of carbonyl (C=O) groups is 3. The highest BCUT2D eigenvalue weighted by molar-refractivity contribution is 7.89. The monoisotopic (exact) mass is 578 g/mol. The average Bonchev–Trinajstić information content (AvgIpc) is 3.45. The molecule has 1 aromatic carbocycles. The van der Waals surface area contributed by atoms with Crippen LogP contribution in [-0.2, 0) is 24.3 Å².